The molecule has 0 aliphatic rings. The number of carbonyl (C=O) groups excluding carboxylic acids is 1. The number of esters is 1. The number of benzene rings is 1. The van der Waals surface area contributed by atoms with Crippen molar-refractivity contribution in [3.63, 3.8) is 0 Å². The highest BCUT2D eigenvalue weighted by Gasteiger charge is 2.27. The normalized spacial score (nSPS) is 12.4. The van der Waals surface area contributed by atoms with Crippen LogP contribution in [0, 0.1) is 12.8 Å². The molecule has 0 aliphatic carbocycles. The number of aromatic amines is 1. The molecule has 6 nitrogen and oxygen atoms in total. The van der Waals surface area contributed by atoms with Crippen molar-refractivity contribution in [3.05, 3.63) is 63.7 Å². The Hall–Kier alpha value is -3.02. The number of aromatic nitrogens is 2. The zero-order valence-electron chi connectivity index (χ0n) is 17.4. The van der Waals surface area contributed by atoms with E-state index in [9.17, 15) is 14.7 Å². The number of H-pyrrole nitrogens is 1. The minimum Gasteiger partial charge on any atom is -0.507 e. The standard InChI is InChI=1S/C23H28N2O4/c1-14(2)18(12-21(27)29-4)22-20(26)11-15(3)25(23(22)28)10-9-16-13-24-19-8-6-5-7-17(16)19/h5-8,11,13-14,18,24,26H,9-10,12H2,1-4H3/t18-/m1/s1. The first-order valence-corrected chi connectivity index (χ1v) is 9.88. The third-order valence-corrected chi connectivity index (χ3v) is 5.59. The van der Waals surface area contributed by atoms with Crippen molar-refractivity contribution in [2.24, 2.45) is 5.92 Å². The summed E-state index contributed by atoms with van der Waals surface area (Å²) in [6, 6.07) is 9.67. The van der Waals surface area contributed by atoms with Gasteiger partial charge in [-0.25, -0.2) is 0 Å². The first kappa shape index (κ1) is 20.7. The first-order chi connectivity index (χ1) is 13.8. The fraction of sp³-hybridized carbons (Fsp3) is 0.391. The van der Waals surface area contributed by atoms with E-state index in [1.54, 1.807) is 10.6 Å². The van der Waals surface area contributed by atoms with Crippen LogP contribution in [0.5, 0.6) is 5.75 Å². The maximum Gasteiger partial charge on any atom is 0.306 e. The number of nitrogens with zero attached hydrogens (tertiary/aromatic N) is 1. The number of aryl methyl sites for hydroxylation is 2. The van der Waals surface area contributed by atoms with Crippen LogP contribution in [0.25, 0.3) is 10.9 Å². The lowest BCUT2D eigenvalue weighted by Crippen LogP contribution is -2.30. The van der Waals surface area contributed by atoms with Gasteiger partial charge in [-0.2, -0.15) is 0 Å². The van der Waals surface area contributed by atoms with Crippen LogP contribution in [0.4, 0.5) is 0 Å². The van der Waals surface area contributed by atoms with Gasteiger partial charge in [0.05, 0.1) is 19.1 Å². The second-order valence-corrected chi connectivity index (χ2v) is 7.78. The zero-order valence-corrected chi connectivity index (χ0v) is 17.4. The number of aromatic hydroxyl groups is 1. The lowest BCUT2D eigenvalue weighted by molar-refractivity contribution is -0.141. The van der Waals surface area contributed by atoms with Crippen molar-refractivity contribution in [2.45, 2.75) is 46.1 Å². The highest BCUT2D eigenvalue weighted by Crippen LogP contribution is 2.32. The van der Waals surface area contributed by atoms with Gasteiger partial charge in [-0.3, -0.25) is 9.59 Å². The highest BCUT2D eigenvalue weighted by atomic mass is 16.5. The van der Waals surface area contributed by atoms with Crippen LogP contribution in [-0.2, 0) is 22.5 Å². The molecule has 0 radical (unpaired) electrons. The molecule has 0 saturated carbocycles. The molecule has 0 fully saturated rings. The summed E-state index contributed by atoms with van der Waals surface area (Å²) in [5.74, 6) is -0.862. The fourth-order valence-corrected chi connectivity index (χ4v) is 3.90. The summed E-state index contributed by atoms with van der Waals surface area (Å²) in [5, 5.41) is 11.7. The summed E-state index contributed by atoms with van der Waals surface area (Å²) in [4.78, 5) is 28.4. The van der Waals surface area contributed by atoms with Gasteiger partial charge in [0.2, 0.25) is 0 Å². The zero-order chi connectivity index (χ0) is 21.1. The Balaban J connectivity index is 1.96. The number of rotatable bonds is 7. The van der Waals surface area contributed by atoms with Crippen LogP contribution in [0.2, 0.25) is 0 Å². The van der Waals surface area contributed by atoms with E-state index in [1.165, 1.54) is 7.11 Å². The summed E-state index contributed by atoms with van der Waals surface area (Å²) < 4.78 is 6.47. The molecule has 2 aromatic heterocycles. The number of carbonyl (C=O) groups is 1. The van der Waals surface area contributed by atoms with E-state index in [2.05, 4.69) is 11.1 Å². The second kappa shape index (κ2) is 8.55. The van der Waals surface area contributed by atoms with E-state index < -0.39 is 11.9 Å². The lowest BCUT2D eigenvalue weighted by Gasteiger charge is -2.22. The van der Waals surface area contributed by atoms with E-state index >= 15 is 0 Å². The van der Waals surface area contributed by atoms with Gasteiger partial charge in [-0.15, -0.1) is 0 Å². The molecule has 1 aromatic carbocycles. The number of para-hydroxylation sites is 1. The summed E-state index contributed by atoms with van der Waals surface area (Å²) >= 11 is 0. The maximum absolute atomic E-state index is 13.3. The molecule has 154 valence electrons. The maximum atomic E-state index is 13.3. The van der Waals surface area contributed by atoms with Gasteiger partial charge in [-0.05, 0) is 37.0 Å². The number of hydrogen-bond acceptors (Lipinski definition) is 4. The van der Waals surface area contributed by atoms with Crippen LogP contribution in [0.1, 0.15) is 43.0 Å². The minimum atomic E-state index is -0.408. The van der Waals surface area contributed by atoms with Gasteiger partial charge in [0, 0.05) is 35.3 Å². The average molecular weight is 396 g/mol. The molecule has 0 amide bonds. The molecule has 6 heteroatoms. The van der Waals surface area contributed by atoms with Gasteiger partial charge in [-0.1, -0.05) is 32.0 Å². The van der Waals surface area contributed by atoms with Gasteiger partial charge in [0.1, 0.15) is 5.75 Å². The highest BCUT2D eigenvalue weighted by molar-refractivity contribution is 5.83. The quantitative estimate of drug-likeness (QED) is 0.594. The molecule has 1 atom stereocenters. The summed E-state index contributed by atoms with van der Waals surface area (Å²) in [6.45, 7) is 6.17. The van der Waals surface area contributed by atoms with Crippen molar-refractivity contribution in [1.82, 2.24) is 9.55 Å². The van der Waals surface area contributed by atoms with Crippen molar-refractivity contribution in [2.75, 3.05) is 7.11 Å². The van der Waals surface area contributed by atoms with Gasteiger partial charge in [0.15, 0.2) is 0 Å². The molecule has 3 rings (SSSR count). The molecule has 2 heterocycles. The third kappa shape index (κ3) is 4.21. The SMILES string of the molecule is COC(=O)C[C@@H](c1c(O)cc(C)n(CCc2c[nH]c3ccccc23)c1=O)C(C)C. The summed E-state index contributed by atoms with van der Waals surface area (Å²) in [5.41, 5.74) is 2.93. The smallest absolute Gasteiger partial charge is 0.306 e. The molecule has 0 spiro atoms. The Kier molecular flexibility index (Phi) is 6.11. The van der Waals surface area contributed by atoms with Crippen LogP contribution < -0.4 is 5.56 Å². The third-order valence-electron chi connectivity index (χ3n) is 5.59. The van der Waals surface area contributed by atoms with Crippen molar-refractivity contribution in [3.8, 4) is 5.75 Å². The van der Waals surface area contributed by atoms with Crippen LogP contribution >= 0.6 is 0 Å². The largest absolute Gasteiger partial charge is 0.507 e. The van der Waals surface area contributed by atoms with Crippen LogP contribution in [-0.4, -0.2) is 27.7 Å². The predicted octanol–water partition coefficient (Wildman–Crippen LogP) is 3.89. The van der Waals surface area contributed by atoms with Gasteiger partial charge in [0.25, 0.3) is 5.56 Å². The predicted molar refractivity (Wildman–Crippen MR) is 113 cm³/mol. The monoisotopic (exact) mass is 396 g/mol. The van der Waals surface area contributed by atoms with E-state index in [-0.39, 0.29) is 29.2 Å². The molecule has 2 N–H and O–H groups in total. The fourth-order valence-electron chi connectivity index (χ4n) is 3.90. The van der Waals surface area contributed by atoms with Crippen molar-refractivity contribution in [1.29, 1.82) is 0 Å². The van der Waals surface area contributed by atoms with Gasteiger partial charge < -0.3 is 19.4 Å². The van der Waals surface area contributed by atoms with Crippen LogP contribution in [0.15, 0.2) is 41.3 Å². The summed E-state index contributed by atoms with van der Waals surface area (Å²) in [7, 11) is 1.33. The van der Waals surface area contributed by atoms with E-state index in [1.807, 2.05) is 45.2 Å². The molecule has 0 aliphatic heterocycles. The Morgan fingerprint density at radius 2 is 2.00 bits per heavy atom. The minimum absolute atomic E-state index is 0.00234. The van der Waals surface area contributed by atoms with Crippen molar-refractivity contribution < 1.29 is 14.6 Å². The summed E-state index contributed by atoms with van der Waals surface area (Å²) in [6.07, 6.45) is 2.71. The Bertz CT molecular complexity index is 1080. The number of pyridine rings is 1. The van der Waals surface area contributed by atoms with Gasteiger partial charge >= 0.3 is 5.97 Å². The van der Waals surface area contributed by atoms with E-state index in [0.29, 0.717) is 18.7 Å². The van der Waals surface area contributed by atoms with Crippen LogP contribution in [0.3, 0.4) is 0 Å². The molecule has 29 heavy (non-hydrogen) atoms. The second-order valence-electron chi connectivity index (χ2n) is 7.78. The van der Waals surface area contributed by atoms with E-state index in [0.717, 1.165) is 16.5 Å². The molecular formula is C23H28N2O4. The topological polar surface area (TPSA) is 84.3 Å². The Morgan fingerprint density at radius 1 is 1.28 bits per heavy atom. The number of fused-ring (bicyclic) bond motifs is 1. The average Bonchev–Trinajstić information content (AvgIpc) is 3.09. The Labute approximate surface area is 170 Å². The first-order valence-electron chi connectivity index (χ1n) is 9.88. The molecule has 3 aromatic rings. The number of nitrogens with one attached hydrogen (secondary N) is 1. The Morgan fingerprint density at radius 3 is 2.69 bits per heavy atom. The van der Waals surface area contributed by atoms with Crippen molar-refractivity contribution >= 4 is 16.9 Å². The molecule has 0 unspecified atom stereocenters. The van der Waals surface area contributed by atoms with E-state index in [4.69, 9.17) is 4.74 Å². The number of ether oxygens (including phenoxy) is 1. The lowest BCUT2D eigenvalue weighted by atomic mass is 9.85. The molecular weight excluding hydrogens is 368 g/mol. The number of hydrogen-bond donors (Lipinski definition) is 2. The molecule has 0 bridgehead atoms. The molecule has 0 saturated heterocycles. The number of methoxy groups -OCH3 is 1.